The third-order valence-corrected chi connectivity index (χ3v) is 6.03. The maximum atomic E-state index is 13.0. The Morgan fingerprint density at radius 1 is 1.00 bits per heavy atom. The highest BCUT2D eigenvalue weighted by Gasteiger charge is 2.25. The first-order valence-corrected chi connectivity index (χ1v) is 13.1. The summed E-state index contributed by atoms with van der Waals surface area (Å²) in [5.41, 5.74) is 4.18. The van der Waals surface area contributed by atoms with Crippen molar-refractivity contribution in [2.45, 2.75) is 45.3 Å². The van der Waals surface area contributed by atoms with Crippen LogP contribution in [-0.2, 0) is 16.0 Å². The number of nitrogens with one attached hydrogen (secondary N) is 2. The molecule has 38 heavy (non-hydrogen) atoms. The molecule has 3 aromatic carbocycles. The fraction of sp³-hybridized carbons (Fsp3) is 0.276. The SMILES string of the molecule is CCCCOc1cccc(/C=N\NC(=O)[C@H](Cc2ccccc2)NC(=O)[C@@H](C)Oc2ccc(Cl)cc2Cl)c1. The molecule has 3 rings (SSSR count). The van der Waals surface area contributed by atoms with Crippen LogP contribution >= 0.6 is 23.2 Å². The van der Waals surface area contributed by atoms with Crippen molar-refractivity contribution in [2.24, 2.45) is 5.10 Å². The van der Waals surface area contributed by atoms with E-state index in [4.69, 9.17) is 32.7 Å². The molecular formula is C29H31Cl2N3O4. The fourth-order valence-electron chi connectivity index (χ4n) is 3.43. The van der Waals surface area contributed by atoms with E-state index in [1.54, 1.807) is 19.1 Å². The Balaban J connectivity index is 1.65. The molecule has 0 aliphatic carbocycles. The molecule has 2 atom stereocenters. The zero-order valence-corrected chi connectivity index (χ0v) is 22.8. The second-order valence-corrected chi connectivity index (χ2v) is 9.44. The number of ether oxygens (including phenoxy) is 2. The van der Waals surface area contributed by atoms with Gasteiger partial charge in [0.2, 0.25) is 0 Å². The van der Waals surface area contributed by atoms with Gasteiger partial charge in [0.1, 0.15) is 17.5 Å². The van der Waals surface area contributed by atoms with Crippen molar-refractivity contribution in [1.29, 1.82) is 0 Å². The zero-order valence-electron chi connectivity index (χ0n) is 21.3. The molecule has 0 aromatic heterocycles. The molecule has 0 spiro atoms. The normalized spacial score (nSPS) is 12.5. The van der Waals surface area contributed by atoms with Crippen LogP contribution < -0.4 is 20.2 Å². The molecule has 0 aliphatic rings. The number of halogens is 2. The first-order chi connectivity index (χ1) is 18.4. The van der Waals surface area contributed by atoms with E-state index in [1.165, 1.54) is 12.3 Å². The Hall–Kier alpha value is -3.55. The van der Waals surface area contributed by atoms with Gasteiger partial charge in [-0.05, 0) is 54.8 Å². The van der Waals surface area contributed by atoms with Crippen LogP contribution in [0.4, 0.5) is 0 Å². The lowest BCUT2D eigenvalue weighted by Gasteiger charge is -2.21. The summed E-state index contributed by atoms with van der Waals surface area (Å²) in [6.07, 6.45) is 2.90. The van der Waals surface area contributed by atoms with Crippen LogP contribution in [0.1, 0.15) is 37.8 Å². The van der Waals surface area contributed by atoms with Crippen molar-refractivity contribution in [3.8, 4) is 11.5 Å². The molecular weight excluding hydrogens is 525 g/mol. The van der Waals surface area contributed by atoms with Crippen LogP contribution in [0.3, 0.4) is 0 Å². The van der Waals surface area contributed by atoms with Gasteiger partial charge in [-0.2, -0.15) is 5.10 Å². The van der Waals surface area contributed by atoms with E-state index in [-0.39, 0.29) is 11.4 Å². The summed E-state index contributed by atoms with van der Waals surface area (Å²) in [7, 11) is 0. The van der Waals surface area contributed by atoms with Crippen molar-refractivity contribution in [3.63, 3.8) is 0 Å². The minimum absolute atomic E-state index is 0.267. The van der Waals surface area contributed by atoms with Crippen LogP contribution in [0.25, 0.3) is 0 Å². The minimum Gasteiger partial charge on any atom is -0.494 e. The zero-order chi connectivity index (χ0) is 27.3. The summed E-state index contributed by atoms with van der Waals surface area (Å²) >= 11 is 12.1. The van der Waals surface area contributed by atoms with Crippen molar-refractivity contribution < 1.29 is 19.1 Å². The third kappa shape index (κ3) is 9.39. The average molecular weight is 556 g/mol. The number of benzene rings is 3. The molecule has 200 valence electrons. The van der Waals surface area contributed by atoms with Gasteiger partial charge in [0.05, 0.1) is 17.8 Å². The van der Waals surface area contributed by atoms with Gasteiger partial charge in [-0.1, -0.05) is 79.0 Å². The third-order valence-electron chi connectivity index (χ3n) is 5.50. The smallest absolute Gasteiger partial charge is 0.262 e. The second-order valence-electron chi connectivity index (χ2n) is 8.59. The van der Waals surface area contributed by atoms with E-state index in [2.05, 4.69) is 22.8 Å². The molecule has 7 nitrogen and oxygen atoms in total. The highest BCUT2D eigenvalue weighted by Crippen LogP contribution is 2.28. The van der Waals surface area contributed by atoms with Crippen molar-refractivity contribution >= 4 is 41.2 Å². The number of nitrogens with zero attached hydrogens (tertiary/aromatic N) is 1. The summed E-state index contributed by atoms with van der Waals surface area (Å²) < 4.78 is 11.4. The largest absolute Gasteiger partial charge is 0.494 e. The van der Waals surface area contributed by atoms with Gasteiger partial charge >= 0.3 is 0 Å². The number of hydrazone groups is 1. The monoisotopic (exact) mass is 555 g/mol. The Kier molecular flexibility index (Phi) is 11.5. The summed E-state index contributed by atoms with van der Waals surface area (Å²) in [4.78, 5) is 26.0. The molecule has 2 N–H and O–H groups in total. The lowest BCUT2D eigenvalue weighted by Crippen LogP contribution is -2.50. The summed E-state index contributed by atoms with van der Waals surface area (Å²) in [5, 5.41) is 7.59. The van der Waals surface area contributed by atoms with E-state index in [0.29, 0.717) is 17.4 Å². The quantitative estimate of drug-likeness (QED) is 0.158. The number of unbranched alkanes of at least 4 members (excludes halogenated alkanes) is 1. The number of hydrogen-bond acceptors (Lipinski definition) is 5. The lowest BCUT2D eigenvalue weighted by atomic mass is 10.1. The van der Waals surface area contributed by atoms with Crippen molar-refractivity contribution in [1.82, 2.24) is 10.7 Å². The number of rotatable bonds is 13. The number of amides is 2. The van der Waals surface area contributed by atoms with Gasteiger partial charge in [0, 0.05) is 11.4 Å². The Bertz CT molecular complexity index is 1240. The van der Waals surface area contributed by atoms with Gasteiger partial charge < -0.3 is 14.8 Å². The van der Waals surface area contributed by atoms with Crippen LogP contribution in [0, 0.1) is 0 Å². The number of carbonyl (C=O) groups excluding carboxylic acids is 2. The molecule has 0 aliphatic heterocycles. The Morgan fingerprint density at radius 3 is 2.53 bits per heavy atom. The summed E-state index contributed by atoms with van der Waals surface area (Å²) in [5.74, 6) is 0.101. The highest BCUT2D eigenvalue weighted by molar-refractivity contribution is 6.35. The van der Waals surface area contributed by atoms with Gasteiger partial charge in [-0.3, -0.25) is 9.59 Å². The fourth-order valence-corrected chi connectivity index (χ4v) is 3.88. The number of carbonyl (C=O) groups is 2. The van der Waals surface area contributed by atoms with E-state index in [1.807, 2.05) is 54.6 Å². The molecule has 0 saturated carbocycles. The van der Waals surface area contributed by atoms with Crippen LogP contribution in [0.15, 0.2) is 77.9 Å². The van der Waals surface area contributed by atoms with E-state index in [9.17, 15) is 9.59 Å². The van der Waals surface area contributed by atoms with Gasteiger partial charge in [-0.15, -0.1) is 0 Å². The van der Waals surface area contributed by atoms with E-state index >= 15 is 0 Å². The molecule has 0 saturated heterocycles. The second kappa shape index (κ2) is 15.0. The summed E-state index contributed by atoms with van der Waals surface area (Å²) in [6, 6.07) is 20.6. The van der Waals surface area contributed by atoms with Crippen LogP contribution in [0.5, 0.6) is 11.5 Å². The highest BCUT2D eigenvalue weighted by atomic mass is 35.5. The minimum atomic E-state index is -0.918. The average Bonchev–Trinajstić information content (AvgIpc) is 2.90. The number of hydrogen-bond donors (Lipinski definition) is 2. The van der Waals surface area contributed by atoms with E-state index < -0.39 is 24.0 Å². The molecule has 0 radical (unpaired) electrons. The molecule has 0 fully saturated rings. The van der Waals surface area contributed by atoms with Gasteiger partial charge in [0.15, 0.2) is 6.10 Å². The van der Waals surface area contributed by atoms with Crippen LogP contribution in [0.2, 0.25) is 10.0 Å². The molecule has 0 heterocycles. The maximum absolute atomic E-state index is 13.0. The first-order valence-electron chi connectivity index (χ1n) is 12.4. The predicted octanol–water partition coefficient (Wildman–Crippen LogP) is 5.82. The molecule has 0 bridgehead atoms. The summed E-state index contributed by atoms with van der Waals surface area (Å²) in [6.45, 7) is 4.32. The molecule has 3 aromatic rings. The van der Waals surface area contributed by atoms with Gasteiger partial charge in [-0.25, -0.2) is 5.43 Å². The van der Waals surface area contributed by atoms with Gasteiger partial charge in [0.25, 0.3) is 11.8 Å². The van der Waals surface area contributed by atoms with Crippen molar-refractivity contribution in [2.75, 3.05) is 6.61 Å². The van der Waals surface area contributed by atoms with E-state index in [0.717, 1.165) is 29.7 Å². The maximum Gasteiger partial charge on any atom is 0.262 e. The predicted molar refractivity (Wildman–Crippen MR) is 151 cm³/mol. The topological polar surface area (TPSA) is 89.0 Å². The standard InChI is InChI=1S/C29H31Cl2N3O4/c1-3-4-15-37-24-12-8-11-22(16-24)19-32-34-29(36)26(17-21-9-6-5-7-10-21)33-28(35)20(2)38-27-14-13-23(30)18-25(27)31/h5-14,16,18-20,26H,3-4,15,17H2,1-2H3,(H,33,35)(H,34,36)/b32-19-/t20-,26+/m1/s1. The Morgan fingerprint density at radius 2 is 1.79 bits per heavy atom. The molecule has 2 amide bonds. The first kappa shape index (κ1) is 29.0. The molecule has 0 unspecified atom stereocenters. The molecule has 9 heteroatoms. The lowest BCUT2D eigenvalue weighted by molar-refractivity contribution is -0.132. The van der Waals surface area contributed by atoms with Crippen LogP contribution in [-0.4, -0.2) is 36.8 Å². The Labute approximate surface area is 233 Å². The van der Waals surface area contributed by atoms with Crippen molar-refractivity contribution in [3.05, 3.63) is 94.0 Å².